The lowest BCUT2D eigenvalue weighted by molar-refractivity contribution is 0.0691. The number of carboxylic acid groups (broad SMARTS) is 1. The maximum absolute atomic E-state index is 11.7. The van der Waals surface area contributed by atoms with Crippen LogP contribution in [-0.2, 0) is 0 Å². The second-order valence-electron chi connectivity index (χ2n) is 3.07. The SMILES string of the molecule is Cc1cnc(NC(=O)c2nc(C(=O)O)cs2)s1. The summed E-state index contributed by atoms with van der Waals surface area (Å²) < 4.78 is 0. The van der Waals surface area contributed by atoms with Gasteiger partial charge in [-0.3, -0.25) is 10.1 Å². The van der Waals surface area contributed by atoms with Crippen LogP contribution in [0.15, 0.2) is 11.6 Å². The van der Waals surface area contributed by atoms with Crippen molar-refractivity contribution < 1.29 is 14.7 Å². The number of amides is 1. The van der Waals surface area contributed by atoms with E-state index in [0.717, 1.165) is 16.2 Å². The normalized spacial score (nSPS) is 10.2. The molecule has 0 aliphatic heterocycles. The van der Waals surface area contributed by atoms with E-state index in [1.807, 2.05) is 6.92 Å². The molecule has 0 aliphatic rings. The van der Waals surface area contributed by atoms with Gasteiger partial charge >= 0.3 is 5.97 Å². The molecule has 0 unspecified atom stereocenters. The number of carbonyl (C=O) groups is 2. The minimum atomic E-state index is -1.15. The van der Waals surface area contributed by atoms with Crippen LogP contribution in [0.1, 0.15) is 25.2 Å². The molecule has 0 radical (unpaired) electrons. The molecule has 0 fully saturated rings. The van der Waals surface area contributed by atoms with E-state index in [1.54, 1.807) is 6.20 Å². The van der Waals surface area contributed by atoms with Gasteiger partial charge < -0.3 is 5.11 Å². The number of nitrogens with zero attached hydrogens (tertiary/aromatic N) is 2. The molecule has 6 nitrogen and oxygen atoms in total. The summed E-state index contributed by atoms with van der Waals surface area (Å²) in [6.07, 6.45) is 1.64. The van der Waals surface area contributed by atoms with E-state index < -0.39 is 11.9 Å². The predicted octanol–water partition coefficient (Wildman–Crippen LogP) is 1.86. The van der Waals surface area contributed by atoms with Gasteiger partial charge in [0.05, 0.1) is 0 Å². The monoisotopic (exact) mass is 269 g/mol. The molecule has 2 heterocycles. The van der Waals surface area contributed by atoms with Gasteiger partial charge in [0.1, 0.15) is 0 Å². The molecule has 0 aliphatic carbocycles. The number of carboxylic acids is 1. The van der Waals surface area contributed by atoms with E-state index >= 15 is 0 Å². The third-order valence-electron chi connectivity index (χ3n) is 1.76. The average Bonchev–Trinajstić information content (AvgIpc) is 2.86. The fourth-order valence-corrected chi connectivity index (χ4v) is 2.38. The Kier molecular flexibility index (Phi) is 3.16. The molecular weight excluding hydrogens is 262 g/mol. The number of aromatic nitrogens is 2. The fourth-order valence-electron chi connectivity index (χ4n) is 1.04. The molecule has 1 amide bonds. The van der Waals surface area contributed by atoms with E-state index in [2.05, 4.69) is 15.3 Å². The van der Waals surface area contributed by atoms with E-state index in [9.17, 15) is 9.59 Å². The summed E-state index contributed by atoms with van der Waals surface area (Å²) in [6, 6.07) is 0. The average molecular weight is 269 g/mol. The third kappa shape index (κ3) is 2.66. The zero-order chi connectivity index (χ0) is 12.4. The van der Waals surface area contributed by atoms with Gasteiger partial charge in [-0.15, -0.1) is 22.7 Å². The zero-order valence-corrected chi connectivity index (χ0v) is 10.3. The molecule has 88 valence electrons. The molecule has 8 heteroatoms. The second kappa shape index (κ2) is 4.60. The maximum atomic E-state index is 11.7. The first-order chi connectivity index (χ1) is 8.06. The first-order valence-electron chi connectivity index (χ1n) is 4.49. The van der Waals surface area contributed by atoms with Gasteiger partial charge in [-0.2, -0.15) is 0 Å². The Labute approximate surface area is 104 Å². The molecule has 2 aromatic rings. The number of carbonyl (C=O) groups excluding carboxylic acids is 1. The quantitative estimate of drug-likeness (QED) is 0.887. The number of nitrogens with one attached hydrogen (secondary N) is 1. The zero-order valence-electron chi connectivity index (χ0n) is 8.63. The lowest BCUT2D eigenvalue weighted by Crippen LogP contribution is -2.11. The molecule has 17 heavy (non-hydrogen) atoms. The van der Waals surface area contributed by atoms with Crippen molar-refractivity contribution >= 4 is 39.7 Å². The largest absolute Gasteiger partial charge is 0.476 e. The number of thiazole rings is 2. The van der Waals surface area contributed by atoms with Crippen molar-refractivity contribution in [2.45, 2.75) is 6.92 Å². The topological polar surface area (TPSA) is 92.2 Å². The van der Waals surface area contributed by atoms with E-state index in [1.165, 1.54) is 16.7 Å². The molecule has 0 saturated heterocycles. The number of aromatic carboxylic acids is 1. The van der Waals surface area contributed by atoms with Crippen molar-refractivity contribution in [2.75, 3.05) is 5.32 Å². The van der Waals surface area contributed by atoms with Crippen molar-refractivity contribution in [3.8, 4) is 0 Å². The van der Waals surface area contributed by atoms with E-state index in [0.29, 0.717) is 5.13 Å². The molecule has 0 aromatic carbocycles. The van der Waals surface area contributed by atoms with Crippen molar-refractivity contribution in [1.82, 2.24) is 9.97 Å². The Morgan fingerprint density at radius 2 is 2.24 bits per heavy atom. The maximum Gasteiger partial charge on any atom is 0.355 e. The Hall–Kier alpha value is -1.80. The van der Waals surface area contributed by atoms with Crippen molar-refractivity contribution in [2.24, 2.45) is 0 Å². The van der Waals surface area contributed by atoms with Crippen LogP contribution < -0.4 is 5.32 Å². The molecule has 2 aromatic heterocycles. The van der Waals surface area contributed by atoms with Crippen LogP contribution >= 0.6 is 22.7 Å². The first-order valence-corrected chi connectivity index (χ1v) is 6.18. The summed E-state index contributed by atoms with van der Waals surface area (Å²) >= 11 is 2.33. The molecule has 2 rings (SSSR count). The molecule has 0 spiro atoms. The Balaban J connectivity index is 2.11. The number of hydrogen-bond donors (Lipinski definition) is 2. The smallest absolute Gasteiger partial charge is 0.355 e. The highest BCUT2D eigenvalue weighted by Crippen LogP contribution is 2.18. The van der Waals surface area contributed by atoms with Crippen LogP contribution in [0.5, 0.6) is 0 Å². The van der Waals surface area contributed by atoms with Crippen molar-refractivity contribution in [1.29, 1.82) is 0 Å². The van der Waals surface area contributed by atoms with Crippen LogP contribution in [0.4, 0.5) is 5.13 Å². The lowest BCUT2D eigenvalue weighted by atomic mass is 10.5. The van der Waals surface area contributed by atoms with Gasteiger partial charge in [-0.1, -0.05) is 0 Å². The molecule has 0 atom stereocenters. The van der Waals surface area contributed by atoms with Gasteiger partial charge in [-0.05, 0) is 6.92 Å². The van der Waals surface area contributed by atoms with Crippen molar-refractivity contribution in [3.63, 3.8) is 0 Å². The third-order valence-corrected chi connectivity index (χ3v) is 3.43. The van der Waals surface area contributed by atoms with Gasteiger partial charge in [0.2, 0.25) is 0 Å². The summed E-state index contributed by atoms with van der Waals surface area (Å²) in [6.45, 7) is 1.87. The van der Waals surface area contributed by atoms with Crippen LogP contribution in [0.25, 0.3) is 0 Å². The Bertz CT molecular complexity index is 576. The second-order valence-corrected chi connectivity index (χ2v) is 5.17. The molecule has 0 saturated carbocycles. The predicted molar refractivity (Wildman–Crippen MR) is 63.9 cm³/mol. The van der Waals surface area contributed by atoms with E-state index in [4.69, 9.17) is 5.11 Å². The highest BCUT2D eigenvalue weighted by Gasteiger charge is 2.15. The fraction of sp³-hybridized carbons (Fsp3) is 0.111. The van der Waals surface area contributed by atoms with Gasteiger partial charge in [0.25, 0.3) is 5.91 Å². The van der Waals surface area contributed by atoms with Crippen LogP contribution in [0.3, 0.4) is 0 Å². The minimum Gasteiger partial charge on any atom is -0.476 e. The molecule has 0 bridgehead atoms. The van der Waals surface area contributed by atoms with Crippen LogP contribution in [0, 0.1) is 6.92 Å². The highest BCUT2D eigenvalue weighted by atomic mass is 32.1. The van der Waals surface area contributed by atoms with Crippen molar-refractivity contribution in [3.05, 3.63) is 27.2 Å². The summed E-state index contributed by atoms with van der Waals surface area (Å²) in [4.78, 5) is 30.9. The highest BCUT2D eigenvalue weighted by molar-refractivity contribution is 7.16. The molecule has 2 N–H and O–H groups in total. The summed E-state index contributed by atoms with van der Waals surface area (Å²) in [7, 11) is 0. The standard InChI is InChI=1S/C9H7N3O3S2/c1-4-2-10-9(17-4)12-6(13)7-11-5(3-16-7)8(14)15/h2-3H,1H3,(H,14,15)(H,10,12,13). The summed E-state index contributed by atoms with van der Waals surface area (Å²) in [5, 5.41) is 13.1. The number of aryl methyl sites for hydroxylation is 1. The van der Waals surface area contributed by atoms with Gasteiger partial charge in [0.15, 0.2) is 15.8 Å². The minimum absolute atomic E-state index is 0.107. The summed E-state index contributed by atoms with van der Waals surface area (Å²) in [5.74, 6) is -1.60. The number of rotatable bonds is 3. The Morgan fingerprint density at radius 3 is 2.76 bits per heavy atom. The van der Waals surface area contributed by atoms with Crippen LogP contribution in [-0.4, -0.2) is 27.0 Å². The number of hydrogen-bond acceptors (Lipinski definition) is 6. The lowest BCUT2D eigenvalue weighted by Gasteiger charge is -1.96. The Morgan fingerprint density at radius 1 is 1.47 bits per heavy atom. The van der Waals surface area contributed by atoms with Gasteiger partial charge in [-0.25, -0.2) is 14.8 Å². The number of anilines is 1. The van der Waals surface area contributed by atoms with E-state index in [-0.39, 0.29) is 10.7 Å². The van der Waals surface area contributed by atoms with Gasteiger partial charge in [0, 0.05) is 16.5 Å². The molecular formula is C9H7N3O3S2. The van der Waals surface area contributed by atoms with Crippen LogP contribution in [0.2, 0.25) is 0 Å². The summed E-state index contributed by atoms with van der Waals surface area (Å²) in [5.41, 5.74) is -0.129. The first kappa shape index (κ1) is 11.7.